The fourth-order valence-electron chi connectivity index (χ4n) is 3.11. The molecule has 4 atom stereocenters. The second-order valence-corrected chi connectivity index (χ2v) is 6.88. The Morgan fingerprint density at radius 1 is 1.40 bits per heavy atom. The van der Waals surface area contributed by atoms with E-state index in [-0.39, 0.29) is 0 Å². The van der Waals surface area contributed by atoms with Crippen LogP contribution in [0, 0.1) is 23.2 Å². The van der Waals surface area contributed by atoms with Crippen LogP contribution in [0.25, 0.3) is 0 Å². The van der Waals surface area contributed by atoms with Gasteiger partial charge in [0.1, 0.15) is 0 Å². The van der Waals surface area contributed by atoms with Gasteiger partial charge >= 0.3 is 0 Å². The van der Waals surface area contributed by atoms with Gasteiger partial charge in [0.25, 0.3) is 0 Å². The van der Waals surface area contributed by atoms with Crippen LogP contribution in [0.1, 0.15) is 40.5 Å². The Morgan fingerprint density at radius 2 is 1.93 bits per heavy atom. The molecule has 0 aromatic heterocycles. The molecule has 0 aromatic rings. The van der Waals surface area contributed by atoms with Crippen molar-refractivity contribution in [3.05, 3.63) is 0 Å². The lowest BCUT2D eigenvalue weighted by Gasteiger charge is -2.21. The molecule has 0 saturated heterocycles. The van der Waals surface area contributed by atoms with Gasteiger partial charge in [-0.1, -0.05) is 43.4 Å². The SMILES string of the molecule is CNC(C)CC(CCI)C1C(C)C1(C)C. The number of hydrogen-bond acceptors (Lipinski definition) is 1. The van der Waals surface area contributed by atoms with Crippen molar-refractivity contribution in [2.24, 2.45) is 23.2 Å². The minimum absolute atomic E-state index is 0.601. The van der Waals surface area contributed by atoms with Gasteiger partial charge in [-0.2, -0.15) is 0 Å². The van der Waals surface area contributed by atoms with Gasteiger partial charge in [0.2, 0.25) is 0 Å². The van der Waals surface area contributed by atoms with Crippen molar-refractivity contribution in [3.63, 3.8) is 0 Å². The molecule has 4 unspecified atom stereocenters. The smallest absolute Gasteiger partial charge is 0.00384 e. The zero-order valence-electron chi connectivity index (χ0n) is 10.8. The summed E-state index contributed by atoms with van der Waals surface area (Å²) < 4.78 is 1.30. The average Bonchev–Trinajstić information content (AvgIpc) is 2.65. The lowest BCUT2D eigenvalue weighted by molar-refractivity contribution is 0.327. The molecule has 1 aliphatic carbocycles. The third-order valence-electron chi connectivity index (χ3n) is 4.60. The maximum atomic E-state index is 3.38. The van der Waals surface area contributed by atoms with Crippen molar-refractivity contribution in [2.45, 2.75) is 46.6 Å². The number of rotatable bonds is 6. The summed E-state index contributed by atoms with van der Waals surface area (Å²) in [5.41, 5.74) is 0.601. The first-order valence-corrected chi connectivity index (χ1v) is 7.70. The molecule has 1 nitrogen and oxygen atoms in total. The van der Waals surface area contributed by atoms with E-state index in [4.69, 9.17) is 0 Å². The molecule has 1 saturated carbocycles. The first kappa shape index (κ1) is 13.8. The zero-order valence-corrected chi connectivity index (χ0v) is 13.0. The minimum Gasteiger partial charge on any atom is -0.317 e. The van der Waals surface area contributed by atoms with E-state index in [9.17, 15) is 0 Å². The molecule has 1 N–H and O–H groups in total. The number of nitrogens with one attached hydrogen (secondary N) is 1. The van der Waals surface area contributed by atoms with Crippen LogP contribution in [0.5, 0.6) is 0 Å². The average molecular weight is 323 g/mol. The van der Waals surface area contributed by atoms with Gasteiger partial charge in [-0.15, -0.1) is 0 Å². The van der Waals surface area contributed by atoms with Crippen molar-refractivity contribution in [1.29, 1.82) is 0 Å². The van der Waals surface area contributed by atoms with Crippen LogP contribution in [0.2, 0.25) is 0 Å². The predicted molar refractivity (Wildman–Crippen MR) is 76.6 cm³/mol. The molecule has 0 bridgehead atoms. The van der Waals surface area contributed by atoms with Gasteiger partial charge in [-0.25, -0.2) is 0 Å². The van der Waals surface area contributed by atoms with E-state index in [0.717, 1.165) is 17.8 Å². The largest absolute Gasteiger partial charge is 0.317 e. The summed E-state index contributed by atoms with van der Waals surface area (Å²) in [5, 5.41) is 3.38. The molecule has 2 heteroatoms. The van der Waals surface area contributed by atoms with Gasteiger partial charge in [0.15, 0.2) is 0 Å². The molecule has 0 heterocycles. The molecule has 90 valence electrons. The predicted octanol–water partition coefficient (Wildman–Crippen LogP) is 3.72. The van der Waals surface area contributed by atoms with Gasteiger partial charge in [0.05, 0.1) is 0 Å². The van der Waals surface area contributed by atoms with E-state index in [0.29, 0.717) is 11.5 Å². The van der Waals surface area contributed by atoms with Gasteiger partial charge < -0.3 is 5.32 Å². The van der Waals surface area contributed by atoms with Crippen molar-refractivity contribution in [2.75, 3.05) is 11.5 Å². The second kappa shape index (κ2) is 5.35. The molecule has 1 aliphatic rings. The normalized spacial score (nSPS) is 32.4. The van der Waals surface area contributed by atoms with E-state index in [1.807, 2.05) is 0 Å². The molecule has 1 fully saturated rings. The molecule has 0 aromatic carbocycles. The number of alkyl halides is 1. The Morgan fingerprint density at radius 3 is 2.27 bits per heavy atom. The Balaban J connectivity index is 2.52. The molecule has 0 aliphatic heterocycles. The van der Waals surface area contributed by atoms with Crippen LogP contribution >= 0.6 is 22.6 Å². The zero-order chi connectivity index (χ0) is 11.6. The summed E-state index contributed by atoms with van der Waals surface area (Å²) in [6.45, 7) is 9.61. The summed E-state index contributed by atoms with van der Waals surface area (Å²) in [6, 6.07) is 0.668. The summed E-state index contributed by atoms with van der Waals surface area (Å²) in [5.74, 6) is 2.81. The maximum Gasteiger partial charge on any atom is 0.00384 e. The van der Waals surface area contributed by atoms with Crippen molar-refractivity contribution >= 4 is 22.6 Å². The minimum atomic E-state index is 0.601. The maximum absolute atomic E-state index is 3.38. The van der Waals surface area contributed by atoms with Crippen LogP contribution in [-0.4, -0.2) is 17.5 Å². The van der Waals surface area contributed by atoms with Crippen molar-refractivity contribution < 1.29 is 0 Å². The highest BCUT2D eigenvalue weighted by molar-refractivity contribution is 14.1. The molecule has 15 heavy (non-hydrogen) atoms. The first-order chi connectivity index (χ1) is 6.95. The third-order valence-corrected chi connectivity index (χ3v) is 5.22. The van der Waals surface area contributed by atoms with Crippen LogP contribution < -0.4 is 5.32 Å². The van der Waals surface area contributed by atoms with E-state index in [1.165, 1.54) is 17.3 Å². The van der Waals surface area contributed by atoms with E-state index in [2.05, 4.69) is 62.7 Å². The van der Waals surface area contributed by atoms with Crippen LogP contribution in [0.4, 0.5) is 0 Å². The molecule has 0 amide bonds. The first-order valence-electron chi connectivity index (χ1n) is 6.18. The van der Waals surface area contributed by atoms with E-state index < -0.39 is 0 Å². The van der Waals surface area contributed by atoms with Gasteiger partial charge in [-0.3, -0.25) is 0 Å². The highest BCUT2D eigenvalue weighted by Gasteiger charge is 2.57. The van der Waals surface area contributed by atoms with Crippen molar-refractivity contribution in [1.82, 2.24) is 5.32 Å². The lowest BCUT2D eigenvalue weighted by atomic mass is 9.89. The summed E-state index contributed by atoms with van der Waals surface area (Å²) in [7, 11) is 2.08. The molecular formula is C13H26IN. The Bertz CT molecular complexity index is 203. The van der Waals surface area contributed by atoms with Gasteiger partial charge in [-0.05, 0) is 54.4 Å². The standard InChI is InChI=1S/C13H26IN/c1-9(15-5)8-11(6-7-14)12-10(2)13(12,3)4/h9-12,15H,6-8H2,1-5H3. The second-order valence-electron chi connectivity index (χ2n) is 5.80. The van der Waals surface area contributed by atoms with E-state index in [1.54, 1.807) is 0 Å². The summed E-state index contributed by atoms with van der Waals surface area (Å²) in [6.07, 6.45) is 2.74. The molecule has 1 rings (SSSR count). The summed E-state index contributed by atoms with van der Waals surface area (Å²) in [4.78, 5) is 0. The molecule has 0 spiro atoms. The van der Waals surface area contributed by atoms with Crippen LogP contribution in [0.3, 0.4) is 0 Å². The van der Waals surface area contributed by atoms with Crippen molar-refractivity contribution in [3.8, 4) is 0 Å². The topological polar surface area (TPSA) is 12.0 Å². The lowest BCUT2D eigenvalue weighted by Crippen LogP contribution is -2.26. The number of halogens is 1. The Hall–Kier alpha value is 0.690. The third kappa shape index (κ3) is 3.09. The summed E-state index contributed by atoms with van der Waals surface area (Å²) >= 11 is 2.52. The highest BCUT2D eigenvalue weighted by Crippen LogP contribution is 2.62. The monoisotopic (exact) mass is 323 g/mol. The Kier molecular flexibility index (Phi) is 4.90. The van der Waals surface area contributed by atoms with E-state index >= 15 is 0 Å². The van der Waals surface area contributed by atoms with Gasteiger partial charge in [0, 0.05) is 6.04 Å². The Labute approximate surface area is 109 Å². The van der Waals surface area contributed by atoms with Crippen LogP contribution in [-0.2, 0) is 0 Å². The highest BCUT2D eigenvalue weighted by atomic mass is 127. The molecule has 0 radical (unpaired) electrons. The quantitative estimate of drug-likeness (QED) is 0.580. The van der Waals surface area contributed by atoms with Crippen LogP contribution in [0.15, 0.2) is 0 Å². The fourth-order valence-corrected chi connectivity index (χ4v) is 3.91. The molecular weight excluding hydrogens is 297 g/mol. The fraction of sp³-hybridized carbons (Fsp3) is 1.00. The number of hydrogen-bond donors (Lipinski definition) is 1.